The molecule has 0 aromatic heterocycles. The van der Waals surface area contributed by atoms with E-state index < -0.39 is 9.84 Å². The van der Waals surface area contributed by atoms with Crippen molar-refractivity contribution < 1.29 is 8.42 Å². The van der Waals surface area contributed by atoms with Gasteiger partial charge in [-0.3, -0.25) is 0 Å². The van der Waals surface area contributed by atoms with E-state index in [1.165, 1.54) is 27.7 Å². The molecule has 1 aromatic carbocycles. The normalized spacial score (nSPS) is 22.6. The van der Waals surface area contributed by atoms with Gasteiger partial charge in [0.05, 0.1) is 5.75 Å². The van der Waals surface area contributed by atoms with Crippen LogP contribution in [-0.4, -0.2) is 14.2 Å². The predicted molar refractivity (Wildman–Crippen MR) is 66.3 cm³/mol. The molecule has 86 valence electrons. The van der Waals surface area contributed by atoms with Crippen molar-refractivity contribution in [1.82, 2.24) is 0 Å². The molecule has 3 heteroatoms. The fourth-order valence-corrected chi connectivity index (χ4v) is 3.85. The van der Waals surface area contributed by atoms with E-state index >= 15 is 0 Å². The molecule has 0 spiro atoms. The topological polar surface area (TPSA) is 34.1 Å². The predicted octanol–water partition coefficient (Wildman–Crippen LogP) is 2.64. The molecule has 0 N–H and O–H groups in total. The zero-order valence-corrected chi connectivity index (χ0v) is 10.6. The first kappa shape index (κ1) is 11.4. The van der Waals surface area contributed by atoms with Crippen LogP contribution in [0.2, 0.25) is 0 Å². The number of allylic oxidation sites excluding steroid dienone is 1. The van der Waals surface area contributed by atoms with Gasteiger partial charge in [-0.1, -0.05) is 23.8 Å². The third-order valence-electron chi connectivity index (χ3n) is 3.04. The molecule has 0 bridgehead atoms. The summed E-state index contributed by atoms with van der Waals surface area (Å²) in [6.07, 6.45) is 1.81. The first-order valence-corrected chi connectivity index (χ1v) is 7.09. The van der Waals surface area contributed by atoms with Crippen molar-refractivity contribution >= 4 is 9.84 Å². The Morgan fingerprint density at radius 1 is 1.12 bits per heavy atom. The van der Waals surface area contributed by atoms with Gasteiger partial charge in [-0.25, -0.2) is 8.42 Å². The van der Waals surface area contributed by atoms with Crippen LogP contribution in [0.1, 0.15) is 28.2 Å². The molecule has 2 nitrogen and oxygen atoms in total. The molecule has 0 unspecified atom stereocenters. The lowest BCUT2D eigenvalue weighted by atomic mass is 9.90. The van der Waals surface area contributed by atoms with Crippen LogP contribution < -0.4 is 0 Å². The molecule has 0 radical (unpaired) electrons. The minimum atomic E-state index is -2.97. The van der Waals surface area contributed by atoms with E-state index in [0.717, 1.165) is 0 Å². The Bertz CT molecular complexity index is 530. The summed E-state index contributed by atoms with van der Waals surface area (Å²) < 4.78 is 22.8. The van der Waals surface area contributed by atoms with E-state index in [-0.39, 0.29) is 11.7 Å². The fraction of sp³-hybridized carbons (Fsp3) is 0.385. The second-order valence-corrected chi connectivity index (χ2v) is 6.51. The average molecular weight is 236 g/mol. The molecule has 1 atom stereocenters. The van der Waals surface area contributed by atoms with Crippen LogP contribution >= 0.6 is 0 Å². The molecule has 0 aliphatic carbocycles. The van der Waals surface area contributed by atoms with Gasteiger partial charge in [-0.05, 0) is 37.5 Å². The van der Waals surface area contributed by atoms with Crippen molar-refractivity contribution in [3.05, 3.63) is 45.9 Å². The summed E-state index contributed by atoms with van der Waals surface area (Å²) in [5, 5.41) is 1.34. The Labute approximate surface area is 96.9 Å². The number of hydrogen-bond donors (Lipinski definition) is 0. The molecule has 0 fully saturated rings. The lowest BCUT2D eigenvalue weighted by Crippen LogP contribution is -2.07. The number of sulfone groups is 1. The highest BCUT2D eigenvalue weighted by Gasteiger charge is 2.25. The van der Waals surface area contributed by atoms with Crippen molar-refractivity contribution in [1.29, 1.82) is 0 Å². The Hall–Kier alpha value is -1.09. The highest BCUT2D eigenvalue weighted by molar-refractivity contribution is 7.94. The van der Waals surface area contributed by atoms with Gasteiger partial charge in [0.15, 0.2) is 9.84 Å². The molecule has 0 saturated carbocycles. The van der Waals surface area contributed by atoms with Gasteiger partial charge in [0, 0.05) is 11.3 Å². The van der Waals surface area contributed by atoms with Crippen LogP contribution in [0.25, 0.3) is 0 Å². The molecule has 16 heavy (non-hydrogen) atoms. The maximum absolute atomic E-state index is 11.4. The lowest BCUT2D eigenvalue weighted by Gasteiger charge is -2.15. The monoisotopic (exact) mass is 236 g/mol. The number of hydrogen-bond acceptors (Lipinski definition) is 2. The maximum atomic E-state index is 11.4. The summed E-state index contributed by atoms with van der Waals surface area (Å²) in [4.78, 5) is 0. The molecule has 0 amide bonds. The number of benzene rings is 1. The minimum absolute atomic E-state index is 0.0330. The summed E-state index contributed by atoms with van der Waals surface area (Å²) in [6, 6.07) is 4.22. The number of aryl methyl sites for hydroxylation is 3. The van der Waals surface area contributed by atoms with E-state index in [9.17, 15) is 8.42 Å². The van der Waals surface area contributed by atoms with Crippen molar-refractivity contribution in [2.45, 2.75) is 26.7 Å². The zero-order chi connectivity index (χ0) is 11.9. The molecular formula is C13H16O2S. The Morgan fingerprint density at radius 3 is 2.12 bits per heavy atom. The molecule has 1 aliphatic heterocycles. The van der Waals surface area contributed by atoms with Gasteiger partial charge >= 0.3 is 0 Å². The third-order valence-corrected chi connectivity index (χ3v) is 4.43. The average Bonchev–Trinajstić information content (AvgIpc) is 2.44. The number of rotatable bonds is 1. The smallest absolute Gasteiger partial charge is 0.172 e. The highest BCUT2D eigenvalue weighted by atomic mass is 32.2. The van der Waals surface area contributed by atoms with Crippen molar-refractivity contribution in [3.63, 3.8) is 0 Å². The first-order chi connectivity index (χ1) is 7.39. The molecule has 0 saturated heterocycles. The second kappa shape index (κ2) is 3.74. The summed E-state index contributed by atoms with van der Waals surface area (Å²) in [5.41, 5.74) is 4.76. The summed E-state index contributed by atoms with van der Waals surface area (Å²) >= 11 is 0. The Kier molecular flexibility index (Phi) is 2.66. The Morgan fingerprint density at radius 2 is 1.69 bits per heavy atom. The summed E-state index contributed by atoms with van der Waals surface area (Å²) in [6.45, 7) is 6.16. The SMILES string of the molecule is Cc1cc(C)c([C@@H]2C=CS(=O)(=O)C2)c(C)c1. The first-order valence-electron chi connectivity index (χ1n) is 5.38. The van der Waals surface area contributed by atoms with Gasteiger partial charge in [0.2, 0.25) is 0 Å². The highest BCUT2D eigenvalue weighted by Crippen LogP contribution is 2.31. The van der Waals surface area contributed by atoms with Crippen LogP contribution in [0, 0.1) is 20.8 Å². The van der Waals surface area contributed by atoms with Crippen LogP contribution in [0.15, 0.2) is 23.6 Å². The second-order valence-electron chi connectivity index (χ2n) is 4.58. The maximum Gasteiger partial charge on any atom is 0.172 e. The van der Waals surface area contributed by atoms with E-state index in [4.69, 9.17) is 0 Å². The van der Waals surface area contributed by atoms with Gasteiger partial charge in [-0.2, -0.15) is 0 Å². The summed E-state index contributed by atoms with van der Waals surface area (Å²) in [5.74, 6) is 0.253. The van der Waals surface area contributed by atoms with E-state index in [2.05, 4.69) is 19.1 Å². The molecule has 2 rings (SSSR count). The standard InChI is InChI=1S/C13H16O2S/c1-9-6-10(2)13(11(3)7-9)12-4-5-16(14,15)8-12/h4-7,12H,8H2,1-3H3/t12-/m1/s1. The quantitative estimate of drug-likeness (QED) is 0.751. The van der Waals surface area contributed by atoms with Gasteiger partial charge in [0.25, 0.3) is 0 Å². The van der Waals surface area contributed by atoms with Gasteiger partial charge in [0.1, 0.15) is 0 Å². The van der Waals surface area contributed by atoms with E-state index in [1.807, 2.05) is 13.8 Å². The lowest BCUT2D eigenvalue weighted by molar-refractivity contribution is 0.604. The molecule has 1 heterocycles. The summed E-state index contributed by atoms with van der Waals surface area (Å²) in [7, 11) is -2.97. The van der Waals surface area contributed by atoms with E-state index in [0.29, 0.717) is 0 Å². The minimum Gasteiger partial charge on any atom is -0.224 e. The van der Waals surface area contributed by atoms with Crippen LogP contribution in [0.3, 0.4) is 0 Å². The third kappa shape index (κ3) is 2.05. The van der Waals surface area contributed by atoms with Crippen molar-refractivity contribution in [3.8, 4) is 0 Å². The molecular weight excluding hydrogens is 220 g/mol. The van der Waals surface area contributed by atoms with E-state index in [1.54, 1.807) is 6.08 Å². The zero-order valence-electron chi connectivity index (χ0n) is 9.82. The van der Waals surface area contributed by atoms with Crippen molar-refractivity contribution in [2.24, 2.45) is 0 Å². The van der Waals surface area contributed by atoms with Crippen LogP contribution in [0.4, 0.5) is 0 Å². The largest absolute Gasteiger partial charge is 0.224 e. The van der Waals surface area contributed by atoms with Gasteiger partial charge in [-0.15, -0.1) is 0 Å². The molecule has 1 aliphatic rings. The fourth-order valence-electron chi connectivity index (χ4n) is 2.53. The Balaban J connectivity index is 2.47. The van der Waals surface area contributed by atoms with Gasteiger partial charge < -0.3 is 0 Å². The van der Waals surface area contributed by atoms with Crippen LogP contribution in [-0.2, 0) is 9.84 Å². The molecule has 1 aromatic rings. The van der Waals surface area contributed by atoms with Crippen LogP contribution in [0.5, 0.6) is 0 Å². The van der Waals surface area contributed by atoms with Crippen molar-refractivity contribution in [2.75, 3.05) is 5.75 Å².